The second-order valence-electron chi connectivity index (χ2n) is 2.75. The van der Waals surface area contributed by atoms with Crippen LogP contribution in [0, 0.1) is 6.92 Å². The summed E-state index contributed by atoms with van der Waals surface area (Å²) in [5.41, 5.74) is 1.71. The lowest BCUT2D eigenvalue weighted by Crippen LogP contribution is -1.92. The summed E-state index contributed by atoms with van der Waals surface area (Å²) in [5.74, 6) is 0.721. The van der Waals surface area contributed by atoms with E-state index >= 15 is 0 Å². The van der Waals surface area contributed by atoms with E-state index < -0.39 is 0 Å². The van der Waals surface area contributed by atoms with Gasteiger partial charge in [-0.05, 0) is 28.9 Å². The van der Waals surface area contributed by atoms with Crippen molar-refractivity contribution < 1.29 is 0 Å². The van der Waals surface area contributed by atoms with Crippen LogP contribution in [0.4, 0.5) is 0 Å². The van der Waals surface area contributed by atoms with Crippen LogP contribution in [0.15, 0.2) is 29.4 Å². The highest BCUT2D eigenvalue weighted by molar-refractivity contribution is 9.10. The highest BCUT2D eigenvalue weighted by Gasteiger charge is 2.02. The van der Waals surface area contributed by atoms with Gasteiger partial charge in [-0.25, -0.2) is 19.9 Å². The van der Waals surface area contributed by atoms with Crippen LogP contribution < -0.4 is 0 Å². The summed E-state index contributed by atoms with van der Waals surface area (Å²) in [4.78, 5) is 16.3. The lowest BCUT2D eigenvalue weighted by molar-refractivity contribution is 1.03. The molecule has 0 bridgehead atoms. The molecule has 5 heteroatoms. The van der Waals surface area contributed by atoms with E-state index in [9.17, 15) is 0 Å². The van der Waals surface area contributed by atoms with Gasteiger partial charge in [-0.3, -0.25) is 0 Å². The van der Waals surface area contributed by atoms with Crippen molar-refractivity contribution in [2.45, 2.75) is 6.92 Å². The molecule has 70 valence electrons. The summed E-state index contributed by atoms with van der Waals surface area (Å²) in [7, 11) is 0. The molecule has 2 rings (SSSR count). The number of rotatable bonds is 1. The van der Waals surface area contributed by atoms with Gasteiger partial charge in [0.15, 0.2) is 0 Å². The van der Waals surface area contributed by atoms with Crippen molar-refractivity contribution in [3.05, 3.63) is 35.2 Å². The molecule has 0 aliphatic heterocycles. The van der Waals surface area contributed by atoms with Crippen LogP contribution in [0.2, 0.25) is 0 Å². The normalized spacial score (nSPS) is 10.1. The van der Waals surface area contributed by atoms with Gasteiger partial charge < -0.3 is 0 Å². The summed E-state index contributed by atoms with van der Waals surface area (Å²) in [6.45, 7) is 1.85. The van der Waals surface area contributed by atoms with E-state index in [0.717, 1.165) is 21.7 Å². The van der Waals surface area contributed by atoms with Gasteiger partial charge in [0.05, 0.1) is 5.69 Å². The minimum Gasteiger partial charge on any atom is -0.244 e. The van der Waals surface area contributed by atoms with E-state index in [1.54, 1.807) is 12.4 Å². The van der Waals surface area contributed by atoms with E-state index in [4.69, 9.17) is 0 Å². The highest BCUT2D eigenvalue weighted by Crippen LogP contribution is 2.17. The predicted octanol–water partition coefficient (Wildman–Crippen LogP) is 2.00. The monoisotopic (exact) mass is 250 g/mol. The number of hydrogen-bond acceptors (Lipinski definition) is 4. The van der Waals surface area contributed by atoms with Gasteiger partial charge in [0, 0.05) is 18.0 Å². The van der Waals surface area contributed by atoms with Crippen molar-refractivity contribution in [3.8, 4) is 11.3 Å². The van der Waals surface area contributed by atoms with Gasteiger partial charge in [0.25, 0.3) is 0 Å². The fourth-order valence-corrected chi connectivity index (χ4v) is 1.58. The molecular weight excluding hydrogens is 244 g/mol. The van der Waals surface area contributed by atoms with Crippen molar-refractivity contribution in [3.63, 3.8) is 0 Å². The Morgan fingerprint density at radius 2 is 1.86 bits per heavy atom. The molecule has 0 radical (unpaired) electrons. The molecule has 0 amide bonds. The topological polar surface area (TPSA) is 51.6 Å². The summed E-state index contributed by atoms with van der Waals surface area (Å²) < 4.78 is 0.767. The third-order valence-electron chi connectivity index (χ3n) is 1.66. The van der Waals surface area contributed by atoms with E-state index in [2.05, 4.69) is 35.9 Å². The average Bonchev–Trinajstić information content (AvgIpc) is 2.18. The third kappa shape index (κ3) is 1.93. The van der Waals surface area contributed by atoms with Crippen LogP contribution >= 0.6 is 15.9 Å². The van der Waals surface area contributed by atoms with E-state index in [-0.39, 0.29) is 0 Å². The second kappa shape index (κ2) is 3.79. The second-order valence-corrected chi connectivity index (χ2v) is 3.56. The SMILES string of the molecule is Cc1nc(Br)cc(-c2cncnc2)n1. The van der Waals surface area contributed by atoms with Crippen LogP contribution in [-0.4, -0.2) is 19.9 Å². The van der Waals surface area contributed by atoms with Crippen LogP contribution in [0.5, 0.6) is 0 Å². The molecule has 0 aromatic carbocycles. The summed E-state index contributed by atoms with van der Waals surface area (Å²) >= 11 is 3.32. The first-order valence-electron chi connectivity index (χ1n) is 4.02. The number of hydrogen-bond donors (Lipinski definition) is 0. The molecule has 0 spiro atoms. The Bertz CT molecular complexity index is 424. The van der Waals surface area contributed by atoms with Crippen LogP contribution in [-0.2, 0) is 0 Å². The standard InChI is InChI=1S/C9H7BrN4/c1-6-13-8(2-9(10)14-6)7-3-11-5-12-4-7/h2-5H,1H3. The molecule has 0 aliphatic rings. The first kappa shape index (κ1) is 9.21. The number of aryl methyl sites for hydroxylation is 1. The smallest absolute Gasteiger partial charge is 0.127 e. The molecule has 2 aromatic rings. The van der Waals surface area contributed by atoms with Crippen molar-refractivity contribution >= 4 is 15.9 Å². The molecule has 0 saturated carbocycles. The third-order valence-corrected chi connectivity index (χ3v) is 2.07. The van der Waals surface area contributed by atoms with Gasteiger partial charge >= 0.3 is 0 Å². The Hall–Kier alpha value is -1.36. The molecule has 4 nitrogen and oxygen atoms in total. The van der Waals surface area contributed by atoms with Gasteiger partial charge in [-0.15, -0.1) is 0 Å². The fraction of sp³-hybridized carbons (Fsp3) is 0.111. The van der Waals surface area contributed by atoms with Crippen molar-refractivity contribution in [2.75, 3.05) is 0 Å². The predicted molar refractivity (Wildman–Crippen MR) is 55.5 cm³/mol. The fourth-order valence-electron chi connectivity index (χ4n) is 1.11. The molecule has 0 N–H and O–H groups in total. The molecule has 2 aromatic heterocycles. The van der Waals surface area contributed by atoms with Crippen molar-refractivity contribution in [1.29, 1.82) is 0 Å². The molecule has 0 saturated heterocycles. The van der Waals surface area contributed by atoms with Crippen LogP contribution in [0.1, 0.15) is 5.82 Å². The maximum Gasteiger partial charge on any atom is 0.127 e. The van der Waals surface area contributed by atoms with Crippen LogP contribution in [0.3, 0.4) is 0 Å². The van der Waals surface area contributed by atoms with Gasteiger partial charge in [-0.1, -0.05) is 0 Å². The summed E-state index contributed by atoms with van der Waals surface area (Å²) in [5, 5.41) is 0. The largest absolute Gasteiger partial charge is 0.244 e. The molecule has 0 atom stereocenters. The number of halogens is 1. The molecule has 0 aliphatic carbocycles. The zero-order valence-corrected chi connectivity index (χ0v) is 9.06. The van der Waals surface area contributed by atoms with Gasteiger partial charge in [0.1, 0.15) is 16.8 Å². The summed E-state index contributed by atoms with van der Waals surface area (Å²) in [6, 6.07) is 1.84. The Morgan fingerprint density at radius 3 is 2.50 bits per heavy atom. The average molecular weight is 251 g/mol. The number of aromatic nitrogens is 4. The molecule has 14 heavy (non-hydrogen) atoms. The lowest BCUT2D eigenvalue weighted by Gasteiger charge is -2.00. The maximum atomic E-state index is 4.28. The molecule has 0 fully saturated rings. The minimum absolute atomic E-state index is 0.721. The molecule has 2 heterocycles. The van der Waals surface area contributed by atoms with Crippen molar-refractivity contribution in [2.24, 2.45) is 0 Å². The Balaban J connectivity index is 2.52. The quantitative estimate of drug-likeness (QED) is 0.727. The summed E-state index contributed by atoms with van der Waals surface area (Å²) in [6.07, 6.45) is 4.94. The number of nitrogens with zero attached hydrogens (tertiary/aromatic N) is 4. The maximum absolute atomic E-state index is 4.28. The van der Waals surface area contributed by atoms with Crippen molar-refractivity contribution in [1.82, 2.24) is 19.9 Å². The van der Waals surface area contributed by atoms with Gasteiger partial charge in [0.2, 0.25) is 0 Å². The first-order valence-corrected chi connectivity index (χ1v) is 4.81. The highest BCUT2D eigenvalue weighted by atomic mass is 79.9. The Morgan fingerprint density at radius 1 is 1.14 bits per heavy atom. The molecular formula is C9H7BrN4. The van der Waals surface area contributed by atoms with Gasteiger partial charge in [-0.2, -0.15) is 0 Å². The Labute approximate surface area is 89.6 Å². The molecule has 0 unspecified atom stereocenters. The van der Waals surface area contributed by atoms with E-state index in [1.165, 1.54) is 6.33 Å². The lowest BCUT2D eigenvalue weighted by atomic mass is 10.2. The zero-order chi connectivity index (χ0) is 9.97. The first-order chi connectivity index (χ1) is 6.75. The minimum atomic E-state index is 0.721. The zero-order valence-electron chi connectivity index (χ0n) is 7.48. The Kier molecular flexibility index (Phi) is 2.49. The van der Waals surface area contributed by atoms with E-state index in [0.29, 0.717) is 0 Å². The van der Waals surface area contributed by atoms with E-state index in [1.807, 2.05) is 13.0 Å². The van der Waals surface area contributed by atoms with Crippen LogP contribution in [0.25, 0.3) is 11.3 Å².